The van der Waals surface area contributed by atoms with Crippen LogP contribution in [-0.4, -0.2) is 36.9 Å². The van der Waals surface area contributed by atoms with E-state index in [1.165, 1.54) is 4.31 Å². The van der Waals surface area contributed by atoms with Crippen LogP contribution in [0.4, 0.5) is 0 Å². The molecule has 0 aromatic carbocycles. The molecular formula is C12H16BrNO5S. The maximum atomic E-state index is 12.5. The molecule has 1 N–H and O–H groups in total. The highest BCUT2D eigenvalue weighted by Crippen LogP contribution is 2.31. The van der Waals surface area contributed by atoms with Crippen LogP contribution in [0.25, 0.3) is 0 Å². The fraction of sp³-hybridized carbons (Fsp3) is 0.583. The van der Waals surface area contributed by atoms with Crippen molar-refractivity contribution in [3.05, 3.63) is 16.5 Å². The summed E-state index contributed by atoms with van der Waals surface area (Å²) in [5.74, 6) is -1.13. The van der Waals surface area contributed by atoms with E-state index in [4.69, 9.17) is 9.52 Å². The molecule has 0 amide bonds. The maximum absolute atomic E-state index is 12.5. The van der Waals surface area contributed by atoms with E-state index in [-0.39, 0.29) is 15.3 Å². The summed E-state index contributed by atoms with van der Waals surface area (Å²) in [6.07, 6.45) is 2.71. The van der Waals surface area contributed by atoms with Gasteiger partial charge < -0.3 is 9.52 Å². The molecule has 20 heavy (non-hydrogen) atoms. The molecule has 0 unspecified atom stereocenters. The molecule has 0 spiro atoms. The third-order valence-corrected chi connectivity index (χ3v) is 6.39. The molecule has 8 heteroatoms. The van der Waals surface area contributed by atoms with E-state index in [9.17, 15) is 13.2 Å². The van der Waals surface area contributed by atoms with Crippen molar-refractivity contribution in [2.24, 2.45) is 5.92 Å². The molecule has 2 rings (SSSR count). The predicted molar refractivity (Wildman–Crippen MR) is 75.1 cm³/mol. The lowest BCUT2D eigenvalue weighted by molar-refractivity contribution is 0.0661. The summed E-state index contributed by atoms with van der Waals surface area (Å²) in [4.78, 5) is 10.7. The summed E-state index contributed by atoms with van der Waals surface area (Å²) in [5.41, 5.74) is 0. The number of halogens is 1. The zero-order valence-electron chi connectivity index (χ0n) is 11.0. The van der Waals surface area contributed by atoms with E-state index in [2.05, 4.69) is 22.9 Å². The second kappa shape index (κ2) is 5.87. The Balaban J connectivity index is 2.25. The van der Waals surface area contributed by atoms with Crippen LogP contribution < -0.4 is 0 Å². The Hall–Kier alpha value is -0.860. The fourth-order valence-electron chi connectivity index (χ4n) is 2.33. The largest absolute Gasteiger partial charge is 0.475 e. The normalized spacial score (nSPS) is 18.3. The SMILES string of the molecule is CCC1CCN(S(=O)(=O)c2cc(C(=O)O)oc2Br)CC1. The Kier molecular flexibility index (Phi) is 4.55. The highest BCUT2D eigenvalue weighted by atomic mass is 79.9. The van der Waals surface area contributed by atoms with Crippen LogP contribution in [0.2, 0.25) is 0 Å². The van der Waals surface area contributed by atoms with Gasteiger partial charge in [-0.15, -0.1) is 0 Å². The molecule has 1 saturated heterocycles. The van der Waals surface area contributed by atoms with Gasteiger partial charge in [0, 0.05) is 19.2 Å². The van der Waals surface area contributed by atoms with Crippen molar-refractivity contribution < 1.29 is 22.7 Å². The Labute approximate surface area is 125 Å². The molecule has 1 aliphatic heterocycles. The molecule has 0 atom stereocenters. The van der Waals surface area contributed by atoms with Crippen molar-refractivity contribution in [2.45, 2.75) is 31.1 Å². The summed E-state index contributed by atoms with van der Waals surface area (Å²) in [7, 11) is -3.71. The molecule has 1 aromatic heterocycles. The van der Waals surface area contributed by atoms with Gasteiger partial charge in [0.05, 0.1) is 0 Å². The van der Waals surface area contributed by atoms with Gasteiger partial charge in [-0.25, -0.2) is 13.2 Å². The number of carboxylic acid groups (broad SMARTS) is 1. The van der Waals surface area contributed by atoms with Crippen LogP contribution in [0.5, 0.6) is 0 Å². The molecule has 0 aliphatic carbocycles. The number of carbonyl (C=O) groups is 1. The van der Waals surface area contributed by atoms with Crippen LogP contribution in [0.3, 0.4) is 0 Å². The highest BCUT2D eigenvalue weighted by Gasteiger charge is 2.33. The molecular weight excluding hydrogens is 350 g/mol. The van der Waals surface area contributed by atoms with Gasteiger partial charge in [-0.3, -0.25) is 0 Å². The van der Waals surface area contributed by atoms with Crippen molar-refractivity contribution in [3.8, 4) is 0 Å². The number of sulfonamides is 1. The average molecular weight is 366 g/mol. The van der Waals surface area contributed by atoms with Crippen LogP contribution in [0.15, 0.2) is 20.0 Å². The van der Waals surface area contributed by atoms with Crippen LogP contribution in [0.1, 0.15) is 36.7 Å². The van der Waals surface area contributed by atoms with Gasteiger partial charge in [-0.05, 0) is 34.7 Å². The minimum atomic E-state index is -3.71. The lowest BCUT2D eigenvalue weighted by atomic mass is 9.96. The second-order valence-corrected chi connectivity index (χ2v) is 7.44. The van der Waals surface area contributed by atoms with Crippen molar-refractivity contribution in [2.75, 3.05) is 13.1 Å². The summed E-state index contributed by atoms with van der Waals surface area (Å²) in [6, 6.07) is 1.05. The van der Waals surface area contributed by atoms with Gasteiger partial charge in [0.2, 0.25) is 15.8 Å². The minimum Gasteiger partial charge on any atom is -0.475 e. The van der Waals surface area contributed by atoms with E-state index in [0.29, 0.717) is 19.0 Å². The van der Waals surface area contributed by atoms with Crippen LogP contribution >= 0.6 is 15.9 Å². The standard InChI is InChI=1S/C12H16BrNO5S/c1-2-8-3-5-14(6-4-8)20(17,18)10-7-9(12(15)16)19-11(10)13/h7-8H,2-6H2,1H3,(H,15,16). The van der Waals surface area contributed by atoms with Gasteiger partial charge in [0.15, 0.2) is 4.67 Å². The molecule has 2 heterocycles. The molecule has 0 radical (unpaired) electrons. The second-order valence-electron chi connectivity index (χ2n) is 4.81. The minimum absolute atomic E-state index is 0.0625. The summed E-state index contributed by atoms with van der Waals surface area (Å²) in [5, 5.41) is 8.84. The molecule has 112 valence electrons. The number of nitrogens with zero attached hydrogens (tertiary/aromatic N) is 1. The molecule has 1 aromatic rings. The molecule has 1 aliphatic rings. The number of furan rings is 1. The third kappa shape index (κ3) is 2.91. The first kappa shape index (κ1) is 15.5. The molecule has 0 saturated carbocycles. The average Bonchev–Trinajstić information content (AvgIpc) is 2.82. The predicted octanol–water partition coefficient (Wildman–Crippen LogP) is 2.55. The summed E-state index contributed by atoms with van der Waals surface area (Å²) in [6.45, 7) is 3.02. The Morgan fingerprint density at radius 3 is 2.55 bits per heavy atom. The third-order valence-electron chi connectivity index (χ3n) is 3.63. The van der Waals surface area contributed by atoms with Gasteiger partial charge in [0.25, 0.3) is 0 Å². The van der Waals surface area contributed by atoms with E-state index in [1.54, 1.807) is 0 Å². The van der Waals surface area contributed by atoms with Crippen molar-refractivity contribution >= 4 is 31.9 Å². The van der Waals surface area contributed by atoms with Gasteiger partial charge >= 0.3 is 5.97 Å². The zero-order chi connectivity index (χ0) is 14.9. The van der Waals surface area contributed by atoms with Crippen molar-refractivity contribution in [1.82, 2.24) is 4.31 Å². The number of carboxylic acids is 1. The van der Waals surface area contributed by atoms with Crippen molar-refractivity contribution in [3.63, 3.8) is 0 Å². The van der Waals surface area contributed by atoms with Crippen LogP contribution in [-0.2, 0) is 10.0 Å². The summed E-state index contributed by atoms with van der Waals surface area (Å²) >= 11 is 2.98. The van der Waals surface area contributed by atoms with Crippen molar-refractivity contribution in [1.29, 1.82) is 0 Å². The molecule has 6 nitrogen and oxygen atoms in total. The number of piperidine rings is 1. The molecule has 1 fully saturated rings. The number of aromatic carboxylic acids is 1. The zero-order valence-corrected chi connectivity index (χ0v) is 13.4. The van der Waals surface area contributed by atoms with E-state index in [0.717, 1.165) is 25.3 Å². The highest BCUT2D eigenvalue weighted by molar-refractivity contribution is 9.10. The summed E-state index contributed by atoms with van der Waals surface area (Å²) < 4.78 is 31.2. The topological polar surface area (TPSA) is 87.8 Å². The lowest BCUT2D eigenvalue weighted by Gasteiger charge is -2.30. The van der Waals surface area contributed by atoms with E-state index in [1.807, 2.05) is 0 Å². The van der Waals surface area contributed by atoms with Gasteiger partial charge in [-0.2, -0.15) is 4.31 Å². The quantitative estimate of drug-likeness (QED) is 0.885. The Bertz CT molecular complexity index is 601. The monoisotopic (exact) mass is 365 g/mol. The maximum Gasteiger partial charge on any atom is 0.371 e. The van der Waals surface area contributed by atoms with Gasteiger partial charge in [-0.1, -0.05) is 13.3 Å². The van der Waals surface area contributed by atoms with E-state index < -0.39 is 16.0 Å². The van der Waals surface area contributed by atoms with Gasteiger partial charge in [0.1, 0.15) is 4.90 Å². The molecule has 0 bridgehead atoms. The Morgan fingerprint density at radius 2 is 2.10 bits per heavy atom. The number of hydrogen-bond acceptors (Lipinski definition) is 4. The van der Waals surface area contributed by atoms with Crippen LogP contribution in [0, 0.1) is 5.92 Å². The first-order valence-corrected chi connectivity index (χ1v) is 8.62. The Morgan fingerprint density at radius 1 is 1.50 bits per heavy atom. The first-order valence-electron chi connectivity index (χ1n) is 6.39. The number of rotatable bonds is 4. The first-order chi connectivity index (χ1) is 9.36. The smallest absolute Gasteiger partial charge is 0.371 e. The number of hydrogen-bond donors (Lipinski definition) is 1. The lowest BCUT2D eigenvalue weighted by Crippen LogP contribution is -2.38. The van der Waals surface area contributed by atoms with E-state index >= 15 is 0 Å². The fourth-order valence-corrected chi connectivity index (χ4v) is 4.70.